The highest BCUT2D eigenvalue weighted by atomic mass is 79.9. The molecule has 0 spiro atoms. The van der Waals surface area contributed by atoms with Gasteiger partial charge in [0.2, 0.25) is 0 Å². The van der Waals surface area contributed by atoms with Crippen LogP contribution in [0.1, 0.15) is 22.3 Å². The number of hydrogen-bond donors (Lipinski definition) is 1. The fraction of sp³-hybridized carbons (Fsp3) is 0.250. The van der Waals surface area contributed by atoms with Gasteiger partial charge in [-0.3, -0.25) is 0 Å². The van der Waals surface area contributed by atoms with E-state index in [0.717, 1.165) is 26.7 Å². The summed E-state index contributed by atoms with van der Waals surface area (Å²) >= 11 is 3.36. The SMILES string of the molecule is Cc1cc(C)cc(CS(=O)(=O)Cc2ccc(N)cc2Br)c1. The van der Waals surface area contributed by atoms with Crippen molar-refractivity contribution < 1.29 is 8.42 Å². The topological polar surface area (TPSA) is 60.2 Å². The number of rotatable bonds is 4. The van der Waals surface area contributed by atoms with Crippen molar-refractivity contribution in [3.63, 3.8) is 0 Å². The van der Waals surface area contributed by atoms with E-state index in [0.29, 0.717) is 5.69 Å². The van der Waals surface area contributed by atoms with Gasteiger partial charge in [0.15, 0.2) is 9.84 Å². The van der Waals surface area contributed by atoms with Crippen molar-refractivity contribution in [1.82, 2.24) is 0 Å². The molecular formula is C16H18BrNO2S. The minimum atomic E-state index is -3.23. The van der Waals surface area contributed by atoms with E-state index in [1.165, 1.54) is 0 Å². The van der Waals surface area contributed by atoms with Gasteiger partial charge in [0.1, 0.15) is 0 Å². The Hall–Kier alpha value is -1.33. The van der Waals surface area contributed by atoms with Gasteiger partial charge >= 0.3 is 0 Å². The van der Waals surface area contributed by atoms with E-state index in [1.54, 1.807) is 18.2 Å². The summed E-state index contributed by atoms with van der Waals surface area (Å²) in [6.07, 6.45) is 0. The third kappa shape index (κ3) is 4.58. The first kappa shape index (κ1) is 16.0. The van der Waals surface area contributed by atoms with E-state index in [1.807, 2.05) is 32.0 Å². The zero-order valence-electron chi connectivity index (χ0n) is 12.1. The minimum absolute atomic E-state index is 0.000846. The molecule has 0 fully saturated rings. The molecule has 0 aliphatic rings. The maximum atomic E-state index is 12.4. The second-order valence-corrected chi connectivity index (χ2v) is 8.30. The summed E-state index contributed by atoms with van der Waals surface area (Å²) in [5.41, 5.74) is 10.00. The highest BCUT2D eigenvalue weighted by molar-refractivity contribution is 9.10. The molecule has 0 atom stereocenters. The van der Waals surface area contributed by atoms with Crippen LogP contribution in [0.4, 0.5) is 5.69 Å². The third-order valence-electron chi connectivity index (χ3n) is 3.12. The van der Waals surface area contributed by atoms with Gasteiger partial charge in [-0.05, 0) is 37.1 Å². The Balaban J connectivity index is 2.22. The lowest BCUT2D eigenvalue weighted by atomic mass is 10.1. The average molecular weight is 368 g/mol. The van der Waals surface area contributed by atoms with E-state index in [-0.39, 0.29) is 11.5 Å². The van der Waals surface area contributed by atoms with E-state index in [4.69, 9.17) is 5.73 Å². The van der Waals surface area contributed by atoms with Gasteiger partial charge in [-0.15, -0.1) is 0 Å². The standard InChI is InChI=1S/C16H18BrNO2S/c1-11-5-12(2)7-13(6-11)9-21(19,20)10-14-3-4-15(18)8-16(14)17/h3-8H,9-10,18H2,1-2H3. The Morgan fingerprint density at radius 3 is 2.19 bits per heavy atom. The van der Waals surface area contributed by atoms with Crippen molar-refractivity contribution in [2.45, 2.75) is 25.4 Å². The Morgan fingerprint density at radius 2 is 1.62 bits per heavy atom. The van der Waals surface area contributed by atoms with Crippen LogP contribution in [0.25, 0.3) is 0 Å². The van der Waals surface area contributed by atoms with Crippen molar-refractivity contribution in [1.29, 1.82) is 0 Å². The van der Waals surface area contributed by atoms with E-state index >= 15 is 0 Å². The fourth-order valence-electron chi connectivity index (χ4n) is 2.37. The molecule has 0 aliphatic carbocycles. The van der Waals surface area contributed by atoms with Crippen molar-refractivity contribution in [3.05, 3.63) is 63.1 Å². The molecular weight excluding hydrogens is 350 g/mol. The van der Waals surface area contributed by atoms with Crippen LogP contribution in [0.2, 0.25) is 0 Å². The quantitative estimate of drug-likeness (QED) is 0.836. The Kier molecular flexibility index (Phi) is 4.74. The molecule has 21 heavy (non-hydrogen) atoms. The minimum Gasteiger partial charge on any atom is -0.399 e. The van der Waals surface area contributed by atoms with Crippen molar-refractivity contribution >= 4 is 31.5 Å². The Bertz CT molecular complexity index is 750. The molecule has 0 aromatic heterocycles. The van der Waals surface area contributed by atoms with Crippen LogP contribution in [0.5, 0.6) is 0 Å². The normalized spacial score (nSPS) is 11.6. The van der Waals surface area contributed by atoms with Crippen LogP contribution >= 0.6 is 15.9 Å². The number of sulfone groups is 1. The smallest absolute Gasteiger partial charge is 0.158 e. The molecule has 2 aromatic rings. The number of benzene rings is 2. The van der Waals surface area contributed by atoms with Crippen LogP contribution in [-0.4, -0.2) is 8.42 Å². The maximum Gasteiger partial charge on any atom is 0.158 e. The van der Waals surface area contributed by atoms with Crippen LogP contribution in [0.3, 0.4) is 0 Å². The lowest BCUT2D eigenvalue weighted by molar-refractivity contribution is 0.594. The molecule has 0 saturated heterocycles. The molecule has 112 valence electrons. The number of nitrogen functional groups attached to an aromatic ring is 1. The van der Waals surface area contributed by atoms with Crippen molar-refractivity contribution in [2.24, 2.45) is 0 Å². The molecule has 5 heteroatoms. The van der Waals surface area contributed by atoms with Crippen LogP contribution in [0, 0.1) is 13.8 Å². The predicted octanol–water partition coefficient (Wildman–Crippen LogP) is 3.76. The van der Waals surface area contributed by atoms with Gasteiger partial charge in [-0.25, -0.2) is 8.42 Å². The second-order valence-electron chi connectivity index (χ2n) is 5.38. The van der Waals surface area contributed by atoms with E-state index < -0.39 is 9.84 Å². The van der Waals surface area contributed by atoms with Gasteiger partial charge in [0.05, 0.1) is 11.5 Å². The molecule has 2 aromatic carbocycles. The zero-order chi connectivity index (χ0) is 15.6. The summed E-state index contributed by atoms with van der Waals surface area (Å²) < 4.78 is 25.5. The predicted molar refractivity (Wildman–Crippen MR) is 90.8 cm³/mol. The molecule has 0 bridgehead atoms. The Labute approximate surface area is 134 Å². The highest BCUT2D eigenvalue weighted by Crippen LogP contribution is 2.23. The van der Waals surface area contributed by atoms with Crippen molar-refractivity contribution in [2.75, 3.05) is 5.73 Å². The number of hydrogen-bond acceptors (Lipinski definition) is 3. The van der Waals surface area contributed by atoms with Crippen molar-refractivity contribution in [3.8, 4) is 0 Å². The van der Waals surface area contributed by atoms with Gasteiger partial charge < -0.3 is 5.73 Å². The molecule has 0 unspecified atom stereocenters. The molecule has 0 saturated carbocycles. The summed E-state index contributed by atoms with van der Waals surface area (Å²) in [5.74, 6) is 0.0488. The van der Waals surface area contributed by atoms with E-state index in [9.17, 15) is 8.42 Å². The monoisotopic (exact) mass is 367 g/mol. The number of aryl methyl sites for hydroxylation is 2. The molecule has 0 radical (unpaired) electrons. The van der Waals surface area contributed by atoms with Gasteiger partial charge in [0.25, 0.3) is 0 Å². The summed E-state index contributed by atoms with van der Waals surface area (Å²) in [6.45, 7) is 3.94. The third-order valence-corrected chi connectivity index (χ3v) is 5.38. The first-order valence-electron chi connectivity index (χ1n) is 6.57. The van der Waals surface area contributed by atoms with Gasteiger partial charge in [-0.2, -0.15) is 0 Å². The molecule has 0 amide bonds. The van der Waals surface area contributed by atoms with E-state index in [2.05, 4.69) is 15.9 Å². The number of halogens is 1. The lowest BCUT2D eigenvalue weighted by Gasteiger charge is -2.09. The lowest BCUT2D eigenvalue weighted by Crippen LogP contribution is -2.08. The summed E-state index contributed by atoms with van der Waals surface area (Å²) in [4.78, 5) is 0. The number of nitrogens with two attached hydrogens (primary N) is 1. The second kappa shape index (κ2) is 6.20. The van der Waals surface area contributed by atoms with Crippen LogP contribution in [-0.2, 0) is 21.3 Å². The fourth-order valence-corrected chi connectivity index (χ4v) is 4.60. The van der Waals surface area contributed by atoms with Crippen LogP contribution < -0.4 is 5.73 Å². The largest absolute Gasteiger partial charge is 0.399 e. The summed E-state index contributed by atoms with van der Waals surface area (Å²) in [7, 11) is -3.23. The molecule has 2 rings (SSSR count). The molecule has 0 heterocycles. The highest BCUT2D eigenvalue weighted by Gasteiger charge is 2.15. The first-order valence-corrected chi connectivity index (χ1v) is 9.18. The molecule has 0 aliphatic heterocycles. The summed E-state index contributed by atoms with van der Waals surface area (Å²) in [6, 6.07) is 11.1. The first-order chi connectivity index (χ1) is 9.75. The Morgan fingerprint density at radius 1 is 1.00 bits per heavy atom. The van der Waals surface area contributed by atoms with Gasteiger partial charge in [-0.1, -0.05) is 51.3 Å². The average Bonchev–Trinajstić information content (AvgIpc) is 2.30. The molecule has 2 N–H and O–H groups in total. The van der Waals surface area contributed by atoms with Gasteiger partial charge in [0, 0.05) is 10.2 Å². The number of anilines is 1. The zero-order valence-corrected chi connectivity index (χ0v) is 14.5. The van der Waals surface area contributed by atoms with Crippen LogP contribution in [0.15, 0.2) is 40.9 Å². The maximum absolute atomic E-state index is 12.4. The molecule has 3 nitrogen and oxygen atoms in total. The summed E-state index contributed by atoms with van der Waals surface area (Å²) in [5, 5.41) is 0.